The van der Waals surface area contributed by atoms with Gasteiger partial charge in [0.05, 0.1) is 22.7 Å². The number of halogens is 4. The molecule has 0 bridgehead atoms. The summed E-state index contributed by atoms with van der Waals surface area (Å²) < 4.78 is 2.47. The van der Waals surface area contributed by atoms with E-state index in [1.165, 1.54) is 12.1 Å². The number of carbonyl (C=O) groups is 1. The molecule has 1 rings (SSSR count). The number of hydrogen-bond acceptors (Lipinski definition) is 5. The first-order valence-electron chi connectivity index (χ1n) is 5.97. The summed E-state index contributed by atoms with van der Waals surface area (Å²) in [5, 5.41) is 18.1. The minimum Gasteiger partial charge on any atom is -0.453 e. The van der Waals surface area contributed by atoms with Gasteiger partial charge < -0.3 is 15.4 Å². The largest absolute Gasteiger partial charge is 0.453 e. The first-order valence-corrected chi connectivity index (χ1v) is 7.89. The van der Waals surface area contributed by atoms with E-state index in [1.807, 2.05) is 0 Å². The van der Waals surface area contributed by atoms with Crippen LogP contribution in [0.2, 0.25) is 5.02 Å². The first-order chi connectivity index (χ1) is 11.0. The minimum atomic E-state index is -1.95. The first kappa shape index (κ1) is 20.8. The van der Waals surface area contributed by atoms with Crippen molar-refractivity contribution in [2.75, 3.05) is 12.4 Å². The summed E-state index contributed by atoms with van der Waals surface area (Å²) in [6.45, 7) is 0. The molecule has 24 heavy (non-hydrogen) atoms. The number of non-ortho nitro benzene ring substituents is 1. The SMILES string of the molecule is COC(=O)N[C@H](NC(=S)Nc1ccc([N+](=O)[O-])cc1Cl)C(Cl)(Cl)Cl. The number of carbonyl (C=O) groups excluding carboxylic acids is 1. The van der Waals surface area contributed by atoms with E-state index in [4.69, 9.17) is 58.6 Å². The Morgan fingerprint density at radius 2 is 2.00 bits per heavy atom. The average Bonchev–Trinajstić information content (AvgIpc) is 2.47. The van der Waals surface area contributed by atoms with Crippen molar-refractivity contribution in [2.45, 2.75) is 9.96 Å². The number of thiocarbonyl (C=S) groups is 1. The zero-order valence-electron chi connectivity index (χ0n) is 11.8. The molecule has 0 aliphatic rings. The van der Waals surface area contributed by atoms with Crippen LogP contribution in [0.15, 0.2) is 18.2 Å². The molecule has 132 valence electrons. The molecular weight excluding hydrogens is 426 g/mol. The number of amides is 1. The Morgan fingerprint density at radius 3 is 2.46 bits per heavy atom. The maximum absolute atomic E-state index is 11.3. The summed E-state index contributed by atoms with van der Waals surface area (Å²) in [5.74, 6) is 0. The highest BCUT2D eigenvalue weighted by Gasteiger charge is 2.35. The zero-order valence-corrected chi connectivity index (χ0v) is 15.6. The third kappa shape index (κ3) is 6.33. The fraction of sp³-hybridized carbons (Fsp3) is 0.273. The van der Waals surface area contributed by atoms with E-state index in [1.54, 1.807) is 0 Å². The molecule has 8 nitrogen and oxygen atoms in total. The van der Waals surface area contributed by atoms with Crippen LogP contribution in [0.3, 0.4) is 0 Å². The highest BCUT2D eigenvalue weighted by molar-refractivity contribution is 7.80. The molecule has 0 heterocycles. The van der Waals surface area contributed by atoms with Gasteiger partial charge in [-0.25, -0.2) is 4.79 Å². The summed E-state index contributed by atoms with van der Waals surface area (Å²) in [6.07, 6.45) is -2.07. The fourth-order valence-electron chi connectivity index (χ4n) is 1.38. The number of benzene rings is 1. The number of nitro groups is 1. The van der Waals surface area contributed by atoms with Gasteiger partial charge in [0.2, 0.25) is 3.79 Å². The van der Waals surface area contributed by atoms with Crippen molar-refractivity contribution in [3.63, 3.8) is 0 Å². The van der Waals surface area contributed by atoms with Gasteiger partial charge >= 0.3 is 6.09 Å². The number of hydrogen-bond donors (Lipinski definition) is 3. The molecule has 13 heteroatoms. The maximum atomic E-state index is 11.3. The third-order valence-corrected chi connectivity index (χ3v) is 3.65. The Morgan fingerprint density at radius 1 is 1.38 bits per heavy atom. The van der Waals surface area contributed by atoms with E-state index in [2.05, 4.69) is 20.7 Å². The molecule has 1 amide bonds. The van der Waals surface area contributed by atoms with Gasteiger partial charge in [-0.2, -0.15) is 0 Å². The summed E-state index contributed by atoms with van der Waals surface area (Å²) >= 11 is 28.2. The summed E-state index contributed by atoms with van der Waals surface area (Å²) in [7, 11) is 1.14. The van der Waals surface area contributed by atoms with E-state index < -0.39 is 21.0 Å². The summed E-state index contributed by atoms with van der Waals surface area (Å²) in [4.78, 5) is 21.3. The van der Waals surface area contributed by atoms with Crippen molar-refractivity contribution < 1.29 is 14.5 Å². The van der Waals surface area contributed by atoms with Crippen molar-refractivity contribution in [1.82, 2.24) is 10.6 Å². The van der Waals surface area contributed by atoms with Gasteiger partial charge in [0.25, 0.3) is 5.69 Å². The molecule has 1 atom stereocenters. The Kier molecular flexibility index (Phi) is 7.56. The van der Waals surface area contributed by atoms with Gasteiger partial charge in [0, 0.05) is 12.1 Å². The quantitative estimate of drug-likeness (QED) is 0.218. The average molecular weight is 436 g/mol. The number of alkyl carbamates (subject to hydrolysis) is 1. The Bertz CT molecular complexity index is 655. The van der Waals surface area contributed by atoms with Crippen LogP contribution in [-0.4, -0.2) is 33.2 Å². The number of anilines is 1. The molecule has 0 spiro atoms. The lowest BCUT2D eigenvalue weighted by Gasteiger charge is -2.27. The van der Waals surface area contributed by atoms with E-state index in [9.17, 15) is 14.9 Å². The smallest absolute Gasteiger partial charge is 0.408 e. The van der Waals surface area contributed by atoms with Crippen LogP contribution < -0.4 is 16.0 Å². The Balaban J connectivity index is 2.82. The molecule has 0 unspecified atom stereocenters. The minimum absolute atomic E-state index is 0.0553. The van der Waals surface area contributed by atoms with Crippen LogP contribution >= 0.6 is 58.6 Å². The normalized spacial score (nSPS) is 12.0. The van der Waals surface area contributed by atoms with Gasteiger partial charge in [0.1, 0.15) is 0 Å². The molecular formula is C11H10Cl4N4O4S. The Hall–Kier alpha value is -1.26. The van der Waals surface area contributed by atoms with Crippen LogP contribution in [0.25, 0.3) is 0 Å². The topological polar surface area (TPSA) is 106 Å². The molecule has 3 N–H and O–H groups in total. The van der Waals surface area contributed by atoms with Crippen molar-refractivity contribution in [2.24, 2.45) is 0 Å². The van der Waals surface area contributed by atoms with Crippen molar-refractivity contribution in [3.05, 3.63) is 33.3 Å². The lowest BCUT2D eigenvalue weighted by Crippen LogP contribution is -2.56. The highest BCUT2D eigenvalue weighted by atomic mass is 35.6. The van der Waals surface area contributed by atoms with Gasteiger partial charge in [-0.15, -0.1) is 0 Å². The van der Waals surface area contributed by atoms with Gasteiger partial charge in [-0.05, 0) is 18.3 Å². The number of methoxy groups -OCH3 is 1. The molecule has 1 aromatic carbocycles. The molecule has 0 saturated heterocycles. The predicted octanol–water partition coefficient (Wildman–Crippen LogP) is 3.59. The fourth-order valence-corrected chi connectivity index (χ4v) is 2.16. The van der Waals surface area contributed by atoms with Crippen molar-refractivity contribution >= 4 is 81.2 Å². The lowest BCUT2D eigenvalue weighted by atomic mass is 10.3. The standard InChI is InChI=1S/C11H10Cl4N4O4S/c1-23-10(20)18-8(11(13,14)15)17-9(24)16-7-3-2-5(19(21)22)4-6(7)12/h2-4,8H,1H3,(H,18,20)(H2,16,17,24)/t8-/m0/s1. The van der Waals surface area contributed by atoms with Crippen molar-refractivity contribution in [1.29, 1.82) is 0 Å². The maximum Gasteiger partial charge on any atom is 0.408 e. The zero-order chi connectivity index (χ0) is 18.5. The molecule has 0 saturated carbocycles. The van der Waals surface area contributed by atoms with Crippen LogP contribution in [0.4, 0.5) is 16.2 Å². The van der Waals surface area contributed by atoms with E-state index in [-0.39, 0.29) is 21.5 Å². The van der Waals surface area contributed by atoms with Crippen LogP contribution in [0.5, 0.6) is 0 Å². The van der Waals surface area contributed by atoms with E-state index in [0.717, 1.165) is 13.2 Å². The molecule has 0 aliphatic heterocycles. The predicted molar refractivity (Wildman–Crippen MR) is 97.1 cm³/mol. The number of alkyl halides is 3. The lowest BCUT2D eigenvalue weighted by molar-refractivity contribution is -0.384. The molecule has 0 fully saturated rings. The summed E-state index contributed by atoms with van der Waals surface area (Å²) in [5.41, 5.74) is 0.0943. The molecule has 0 aliphatic carbocycles. The molecule has 0 radical (unpaired) electrons. The van der Waals surface area contributed by atoms with Crippen LogP contribution in [0, 0.1) is 10.1 Å². The molecule has 0 aromatic heterocycles. The van der Waals surface area contributed by atoms with Crippen molar-refractivity contribution in [3.8, 4) is 0 Å². The van der Waals surface area contributed by atoms with E-state index >= 15 is 0 Å². The second-order valence-electron chi connectivity index (χ2n) is 4.13. The Labute approximate surface area is 161 Å². The molecule has 1 aromatic rings. The second-order valence-corrected chi connectivity index (χ2v) is 7.31. The number of nitrogens with zero attached hydrogens (tertiary/aromatic N) is 1. The number of nitrogens with one attached hydrogen (secondary N) is 3. The summed E-state index contributed by atoms with van der Waals surface area (Å²) in [6, 6.07) is 3.73. The van der Waals surface area contributed by atoms with E-state index in [0.29, 0.717) is 0 Å². The highest BCUT2D eigenvalue weighted by Crippen LogP contribution is 2.30. The van der Waals surface area contributed by atoms with Crippen LogP contribution in [-0.2, 0) is 4.74 Å². The number of ether oxygens (including phenoxy) is 1. The van der Waals surface area contributed by atoms with Gasteiger partial charge in [-0.1, -0.05) is 46.4 Å². The van der Waals surface area contributed by atoms with Crippen LogP contribution in [0.1, 0.15) is 0 Å². The number of nitro benzene ring substituents is 1. The monoisotopic (exact) mass is 434 g/mol. The third-order valence-electron chi connectivity index (χ3n) is 2.46. The second kappa shape index (κ2) is 8.72. The number of rotatable bonds is 4. The van der Waals surface area contributed by atoms with Gasteiger partial charge in [-0.3, -0.25) is 15.4 Å². The van der Waals surface area contributed by atoms with Gasteiger partial charge in [0.15, 0.2) is 11.3 Å².